The highest BCUT2D eigenvalue weighted by Gasteiger charge is 2.34. The molecule has 0 spiro atoms. The quantitative estimate of drug-likeness (QED) is 0.680. The fourth-order valence-corrected chi connectivity index (χ4v) is 2.25. The van der Waals surface area contributed by atoms with Crippen LogP contribution in [0.5, 0.6) is 0 Å². The van der Waals surface area contributed by atoms with Crippen molar-refractivity contribution in [3.8, 4) is 0 Å². The van der Waals surface area contributed by atoms with Gasteiger partial charge in [0.25, 0.3) is 5.91 Å². The third kappa shape index (κ3) is 2.71. The van der Waals surface area contributed by atoms with Crippen molar-refractivity contribution in [1.82, 2.24) is 5.32 Å². The van der Waals surface area contributed by atoms with Crippen LogP contribution < -0.4 is 10.2 Å². The van der Waals surface area contributed by atoms with E-state index >= 15 is 0 Å². The lowest BCUT2D eigenvalue weighted by Crippen LogP contribution is -2.30. The first-order valence-corrected chi connectivity index (χ1v) is 6.81. The SMILES string of the molecule is O=C1N/C(=C/c2cccc(F)c2)C(=O)N1c1ccc(Cl)cc1. The number of halogens is 2. The maximum absolute atomic E-state index is 13.2. The number of hydrogen-bond acceptors (Lipinski definition) is 2. The van der Waals surface area contributed by atoms with Crippen molar-refractivity contribution in [2.75, 3.05) is 4.90 Å². The Bertz CT molecular complexity index is 787. The first-order chi connectivity index (χ1) is 10.5. The van der Waals surface area contributed by atoms with Gasteiger partial charge in [0, 0.05) is 5.02 Å². The number of imide groups is 1. The first-order valence-electron chi connectivity index (χ1n) is 6.43. The average molecular weight is 317 g/mol. The zero-order chi connectivity index (χ0) is 15.7. The van der Waals surface area contributed by atoms with E-state index in [4.69, 9.17) is 11.6 Å². The molecule has 4 nitrogen and oxygen atoms in total. The molecule has 1 aliphatic rings. The maximum atomic E-state index is 13.2. The van der Waals surface area contributed by atoms with Crippen LogP contribution >= 0.6 is 11.6 Å². The van der Waals surface area contributed by atoms with Crippen LogP contribution in [0.2, 0.25) is 5.02 Å². The Hall–Kier alpha value is -2.66. The zero-order valence-corrected chi connectivity index (χ0v) is 12.0. The van der Waals surface area contributed by atoms with Gasteiger partial charge in [-0.15, -0.1) is 0 Å². The molecule has 2 aromatic carbocycles. The molecule has 0 atom stereocenters. The molecule has 1 N–H and O–H groups in total. The summed E-state index contributed by atoms with van der Waals surface area (Å²) >= 11 is 5.79. The molecule has 1 aliphatic heterocycles. The highest BCUT2D eigenvalue weighted by Crippen LogP contribution is 2.23. The third-order valence-corrected chi connectivity index (χ3v) is 3.37. The minimum Gasteiger partial charge on any atom is -0.302 e. The van der Waals surface area contributed by atoms with Gasteiger partial charge in [0.1, 0.15) is 11.5 Å². The van der Waals surface area contributed by atoms with Crippen LogP contribution in [0.1, 0.15) is 5.56 Å². The normalized spacial score (nSPS) is 16.3. The van der Waals surface area contributed by atoms with E-state index in [2.05, 4.69) is 5.32 Å². The fourth-order valence-electron chi connectivity index (χ4n) is 2.12. The Morgan fingerprint density at radius 3 is 2.50 bits per heavy atom. The number of benzene rings is 2. The van der Waals surface area contributed by atoms with Crippen molar-refractivity contribution in [2.24, 2.45) is 0 Å². The van der Waals surface area contributed by atoms with E-state index in [9.17, 15) is 14.0 Å². The molecule has 0 radical (unpaired) electrons. The second-order valence-corrected chi connectivity index (χ2v) is 5.10. The van der Waals surface area contributed by atoms with E-state index in [1.807, 2.05) is 0 Å². The van der Waals surface area contributed by atoms with E-state index in [1.165, 1.54) is 24.3 Å². The van der Waals surface area contributed by atoms with Gasteiger partial charge in [-0.1, -0.05) is 23.7 Å². The molecule has 22 heavy (non-hydrogen) atoms. The number of carbonyl (C=O) groups excluding carboxylic acids is 2. The van der Waals surface area contributed by atoms with Gasteiger partial charge in [0.2, 0.25) is 0 Å². The van der Waals surface area contributed by atoms with Crippen LogP contribution in [0.25, 0.3) is 6.08 Å². The highest BCUT2D eigenvalue weighted by atomic mass is 35.5. The van der Waals surface area contributed by atoms with E-state index in [-0.39, 0.29) is 5.70 Å². The Kier molecular flexibility index (Phi) is 3.65. The number of carbonyl (C=O) groups is 2. The topological polar surface area (TPSA) is 49.4 Å². The van der Waals surface area contributed by atoms with E-state index in [1.54, 1.807) is 30.3 Å². The Labute approximate surface area is 130 Å². The number of anilines is 1. The summed E-state index contributed by atoms with van der Waals surface area (Å²) in [6, 6.07) is 11.5. The molecular weight excluding hydrogens is 307 g/mol. The van der Waals surface area contributed by atoms with Crippen LogP contribution in [0.4, 0.5) is 14.9 Å². The minimum absolute atomic E-state index is 0.0885. The number of amides is 3. The summed E-state index contributed by atoms with van der Waals surface area (Å²) in [6.45, 7) is 0. The monoisotopic (exact) mass is 316 g/mol. The summed E-state index contributed by atoms with van der Waals surface area (Å²) in [4.78, 5) is 25.3. The van der Waals surface area contributed by atoms with Crippen molar-refractivity contribution in [3.05, 3.63) is 70.6 Å². The van der Waals surface area contributed by atoms with Crippen molar-refractivity contribution < 1.29 is 14.0 Å². The molecule has 6 heteroatoms. The molecule has 0 bridgehead atoms. The average Bonchev–Trinajstić information content (AvgIpc) is 2.75. The van der Waals surface area contributed by atoms with Gasteiger partial charge in [-0.05, 0) is 48.0 Å². The number of nitrogens with zero attached hydrogens (tertiary/aromatic N) is 1. The molecule has 0 saturated carbocycles. The van der Waals surface area contributed by atoms with Crippen LogP contribution in [-0.2, 0) is 4.79 Å². The molecule has 3 rings (SSSR count). The smallest absolute Gasteiger partial charge is 0.302 e. The van der Waals surface area contributed by atoms with Gasteiger partial charge < -0.3 is 5.32 Å². The van der Waals surface area contributed by atoms with Gasteiger partial charge in [0.05, 0.1) is 5.69 Å². The number of rotatable bonds is 2. The summed E-state index contributed by atoms with van der Waals surface area (Å²) < 4.78 is 13.2. The third-order valence-electron chi connectivity index (χ3n) is 3.12. The largest absolute Gasteiger partial charge is 0.333 e. The lowest BCUT2D eigenvalue weighted by Gasteiger charge is -2.11. The number of hydrogen-bond donors (Lipinski definition) is 1. The maximum Gasteiger partial charge on any atom is 0.333 e. The van der Waals surface area contributed by atoms with Crippen molar-refractivity contribution in [1.29, 1.82) is 0 Å². The minimum atomic E-state index is -0.560. The van der Waals surface area contributed by atoms with E-state index in [0.29, 0.717) is 16.3 Å². The van der Waals surface area contributed by atoms with Gasteiger partial charge in [0.15, 0.2) is 0 Å². The van der Waals surface area contributed by atoms with Crippen LogP contribution in [0.3, 0.4) is 0 Å². The molecule has 0 aliphatic carbocycles. The van der Waals surface area contributed by atoms with Crippen molar-refractivity contribution >= 4 is 35.3 Å². The molecule has 1 saturated heterocycles. The van der Waals surface area contributed by atoms with Crippen molar-refractivity contribution in [2.45, 2.75) is 0 Å². The summed E-state index contributed by atoms with van der Waals surface area (Å²) in [7, 11) is 0. The summed E-state index contributed by atoms with van der Waals surface area (Å²) in [5.74, 6) is -0.919. The molecule has 0 unspecified atom stereocenters. The van der Waals surface area contributed by atoms with Crippen LogP contribution in [0.15, 0.2) is 54.2 Å². The lowest BCUT2D eigenvalue weighted by molar-refractivity contribution is -0.113. The predicted octanol–water partition coefficient (Wildman–Crippen LogP) is 3.58. The molecule has 1 heterocycles. The standard InChI is InChI=1S/C16H10ClFN2O2/c17-11-4-6-13(7-5-11)20-15(21)14(19-16(20)22)9-10-2-1-3-12(18)8-10/h1-9H,(H,19,22)/b14-9+. The van der Waals surface area contributed by atoms with Gasteiger partial charge in [-0.2, -0.15) is 0 Å². The van der Waals surface area contributed by atoms with Crippen LogP contribution in [0, 0.1) is 5.82 Å². The predicted molar refractivity (Wildman–Crippen MR) is 81.8 cm³/mol. The molecular formula is C16H10ClFN2O2. The van der Waals surface area contributed by atoms with Crippen molar-refractivity contribution in [3.63, 3.8) is 0 Å². The second kappa shape index (κ2) is 5.61. The second-order valence-electron chi connectivity index (χ2n) is 4.66. The number of nitrogens with one attached hydrogen (secondary N) is 1. The Morgan fingerprint density at radius 2 is 1.82 bits per heavy atom. The number of urea groups is 1. The van der Waals surface area contributed by atoms with E-state index in [0.717, 1.165) is 4.90 Å². The molecule has 110 valence electrons. The molecule has 2 aromatic rings. The summed E-state index contributed by atoms with van der Waals surface area (Å²) in [5.41, 5.74) is 0.988. The van der Waals surface area contributed by atoms with Crippen LogP contribution in [-0.4, -0.2) is 11.9 Å². The summed E-state index contributed by atoms with van der Waals surface area (Å²) in [6.07, 6.45) is 1.43. The Balaban J connectivity index is 1.93. The van der Waals surface area contributed by atoms with E-state index < -0.39 is 17.8 Å². The van der Waals surface area contributed by atoms with Gasteiger partial charge in [-0.3, -0.25) is 4.79 Å². The molecule has 3 amide bonds. The van der Waals surface area contributed by atoms with Gasteiger partial charge >= 0.3 is 6.03 Å². The lowest BCUT2D eigenvalue weighted by atomic mass is 10.2. The zero-order valence-electron chi connectivity index (χ0n) is 11.2. The highest BCUT2D eigenvalue weighted by molar-refractivity contribution is 6.31. The first kappa shape index (κ1) is 14.3. The summed E-state index contributed by atoms with van der Waals surface area (Å²) in [5, 5.41) is 2.98. The van der Waals surface area contributed by atoms with Gasteiger partial charge in [-0.25, -0.2) is 14.1 Å². The fraction of sp³-hybridized carbons (Fsp3) is 0. The Morgan fingerprint density at radius 1 is 1.09 bits per heavy atom. The molecule has 0 aromatic heterocycles. The molecule has 1 fully saturated rings.